The van der Waals surface area contributed by atoms with Gasteiger partial charge in [-0.15, -0.1) is 11.3 Å². The zero-order valence-electron chi connectivity index (χ0n) is 19.7. The van der Waals surface area contributed by atoms with E-state index in [-0.39, 0.29) is 0 Å². The van der Waals surface area contributed by atoms with Crippen molar-refractivity contribution < 1.29 is 0 Å². The number of nitrogens with zero attached hydrogens (tertiary/aromatic N) is 1. The SMILES string of the molecule is C1=C(N(c2ccc(-c3ccccc3)cc2)c2ccc3ccccc3c2)CNc2sc3ccccc3c21. The molecule has 0 spiro atoms. The Morgan fingerprint density at radius 1 is 0.611 bits per heavy atom. The van der Waals surface area contributed by atoms with Crippen molar-refractivity contribution in [2.24, 2.45) is 0 Å². The highest BCUT2D eigenvalue weighted by molar-refractivity contribution is 7.23. The summed E-state index contributed by atoms with van der Waals surface area (Å²) in [6.07, 6.45) is 2.37. The van der Waals surface area contributed by atoms with Crippen LogP contribution in [0.15, 0.2) is 127 Å². The normalized spacial score (nSPS) is 12.7. The molecule has 2 heterocycles. The minimum atomic E-state index is 0.771. The van der Waals surface area contributed by atoms with Gasteiger partial charge in [0.2, 0.25) is 0 Å². The quantitative estimate of drug-likeness (QED) is 0.270. The molecule has 6 aromatic rings. The Bertz CT molecular complexity index is 1730. The molecule has 0 fully saturated rings. The van der Waals surface area contributed by atoms with Crippen LogP contribution in [0.25, 0.3) is 38.1 Å². The Hall–Kier alpha value is -4.34. The van der Waals surface area contributed by atoms with Crippen molar-refractivity contribution in [2.75, 3.05) is 16.8 Å². The van der Waals surface area contributed by atoms with Gasteiger partial charge >= 0.3 is 0 Å². The van der Waals surface area contributed by atoms with Gasteiger partial charge in [-0.3, -0.25) is 0 Å². The molecule has 7 rings (SSSR count). The van der Waals surface area contributed by atoms with E-state index in [1.165, 1.54) is 48.2 Å². The molecular weight excluding hydrogens is 456 g/mol. The molecular formula is C33H24N2S. The average molecular weight is 481 g/mol. The fourth-order valence-corrected chi connectivity index (χ4v) is 6.18. The topological polar surface area (TPSA) is 15.3 Å². The maximum absolute atomic E-state index is 3.71. The zero-order valence-corrected chi connectivity index (χ0v) is 20.5. The van der Waals surface area contributed by atoms with E-state index in [9.17, 15) is 0 Å². The molecule has 0 unspecified atom stereocenters. The third-order valence-electron chi connectivity index (χ3n) is 6.89. The van der Waals surface area contributed by atoms with Gasteiger partial charge in [0.25, 0.3) is 0 Å². The summed E-state index contributed by atoms with van der Waals surface area (Å²) < 4.78 is 1.32. The molecule has 1 aliphatic heterocycles. The Kier molecular flexibility index (Phi) is 5.07. The molecule has 2 nitrogen and oxygen atoms in total. The lowest BCUT2D eigenvalue weighted by Gasteiger charge is -2.30. The van der Waals surface area contributed by atoms with E-state index in [1.807, 2.05) is 11.3 Å². The van der Waals surface area contributed by atoms with Crippen LogP contribution in [-0.2, 0) is 0 Å². The smallest absolute Gasteiger partial charge is 0.0972 e. The van der Waals surface area contributed by atoms with E-state index >= 15 is 0 Å². The third kappa shape index (κ3) is 3.65. The van der Waals surface area contributed by atoms with E-state index in [4.69, 9.17) is 0 Å². The van der Waals surface area contributed by atoms with Gasteiger partial charge in [0.05, 0.1) is 11.5 Å². The minimum absolute atomic E-state index is 0.771. The van der Waals surface area contributed by atoms with Crippen LogP contribution in [0, 0.1) is 0 Å². The van der Waals surface area contributed by atoms with Crippen LogP contribution in [0.2, 0.25) is 0 Å². The van der Waals surface area contributed by atoms with Crippen LogP contribution in [0.5, 0.6) is 0 Å². The molecule has 3 heteroatoms. The van der Waals surface area contributed by atoms with E-state index in [2.05, 4.69) is 138 Å². The minimum Gasteiger partial charge on any atom is -0.371 e. The van der Waals surface area contributed by atoms with E-state index in [0.29, 0.717) is 0 Å². The first kappa shape index (κ1) is 21.0. The highest BCUT2D eigenvalue weighted by Gasteiger charge is 2.22. The first-order valence-corrected chi connectivity index (χ1v) is 13.1. The Morgan fingerprint density at radius 3 is 2.17 bits per heavy atom. The van der Waals surface area contributed by atoms with Gasteiger partial charge in [-0.05, 0) is 58.3 Å². The summed E-state index contributed by atoms with van der Waals surface area (Å²) >= 11 is 1.83. The monoisotopic (exact) mass is 480 g/mol. The number of hydrogen-bond acceptors (Lipinski definition) is 3. The van der Waals surface area contributed by atoms with Crippen LogP contribution in [0.1, 0.15) is 5.56 Å². The van der Waals surface area contributed by atoms with Crippen LogP contribution >= 0.6 is 11.3 Å². The van der Waals surface area contributed by atoms with Gasteiger partial charge in [-0.2, -0.15) is 0 Å². The molecule has 0 saturated carbocycles. The standard InChI is InChI=1S/C33H24N2S/c1-2-8-23(9-3-1)25-14-17-27(18-15-25)35(28-19-16-24-10-4-5-11-26(24)20-28)29-21-31-30-12-6-7-13-32(30)36-33(31)34-22-29/h1-21,34H,22H2. The molecule has 0 amide bonds. The lowest BCUT2D eigenvalue weighted by molar-refractivity contribution is 1.09. The van der Waals surface area contributed by atoms with Crippen molar-refractivity contribution in [1.82, 2.24) is 0 Å². The molecule has 0 atom stereocenters. The number of fused-ring (bicyclic) bond motifs is 4. The lowest BCUT2D eigenvalue weighted by atomic mass is 10.0. The van der Waals surface area contributed by atoms with Crippen molar-refractivity contribution in [3.8, 4) is 11.1 Å². The van der Waals surface area contributed by atoms with Crippen LogP contribution in [-0.4, -0.2) is 6.54 Å². The highest BCUT2D eigenvalue weighted by Crippen LogP contribution is 2.42. The highest BCUT2D eigenvalue weighted by atomic mass is 32.1. The second-order valence-electron chi connectivity index (χ2n) is 9.11. The van der Waals surface area contributed by atoms with Gasteiger partial charge in [0.1, 0.15) is 0 Å². The third-order valence-corrected chi connectivity index (χ3v) is 8.03. The molecule has 36 heavy (non-hydrogen) atoms. The Labute approximate surface area is 214 Å². The van der Waals surface area contributed by atoms with Crippen LogP contribution in [0.4, 0.5) is 16.4 Å². The molecule has 0 saturated heterocycles. The summed E-state index contributed by atoms with van der Waals surface area (Å²) in [5.74, 6) is 0. The van der Waals surface area contributed by atoms with Crippen molar-refractivity contribution in [3.05, 3.63) is 133 Å². The fraction of sp³-hybridized carbons (Fsp3) is 0.0303. The summed E-state index contributed by atoms with van der Waals surface area (Å²) in [5, 5.41) is 8.75. The summed E-state index contributed by atoms with van der Waals surface area (Å²) in [4.78, 5) is 2.39. The van der Waals surface area contributed by atoms with Gasteiger partial charge in [-0.1, -0.05) is 91.0 Å². The van der Waals surface area contributed by atoms with Gasteiger partial charge in [0, 0.05) is 32.7 Å². The summed E-state index contributed by atoms with van der Waals surface area (Å²) in [5.41, 5.74) is 7.28. The maximum Gasteiger partial charge on any atom is 0.0972 e. The predicted molar refractivity (Wildman–Crippen MR) is 156 cm³/mol. The fourth-order valence-electron chi connectivity index (χ4n) is 5.10. The number of hydrogen-bond donors (Lipinski definition) is 1. The summed E-state index contributed by atoms with van der Waals surface area (Å²) in [6.45, 7) is 0.771. The van der Waals surface area contributed by atoms with Crippen molar-refractivity contribution >= 4 is 54.6 Å². The number of nitrogens with one attached hydrogen (secondary N) is 1. The molecule has 1 aromatic heterocycles. The largest absolute Gasteiger partial charge is 0.371 e. The number of thiophene rings is 1. The number of benzene rings is 5. The number of anilines is 3. The van der Waals surface area contributed by atoms with Gasteiger partial charge in [-0.25, -0.2) is 0 Å². The van der Waals surface area contributed by atoms with Crippen LogP contribution < -0.4 is 10.2 Å². The van der Waals surface area contributed by atoms with E-state index < -0.39 is 0 Å². The molecule has 0 aliphatic carbocycles. The summed E-state index contributed by atoms with van der Waals surface area (Å²) in [6, 6.07) is 43.5. The molecule has 172 valence electrons. The molecule has 0 radical (unpaired) electrons. The van der Waals surface area contributed by atoms with Crippen molar-refractivity contribution in [1.29, 1.82) is 0 Å². The summed E-state index contributed by atoms with van der Waals surface area (Å²) in [7, 11) is 0. The molecule has 1 aliphatic rings. The van der Waals surface area contributed by atoms with Crippen molar-refractivity contribution in [3.63, 3.8) is 0 Å². The Morgan fingerprint density at radius 2 is 1.31 bits per heavy atom. The maximum atomic E-state index is 3.71. The lowest BCUT2D eigenvalue weighted by Crippen LogP contribution is -2.24. The second-order valence-corrected chi connectivity index (χ2v) is 10.2. The molecule has 5 aromatic carbocycles. The second kappa shape index (κ2) is 8.71. The van der Waals surface area contributed by atoms with Gasteiger partial charge < -0.3 is 10.2 Å². The molecule has 0 bridgehead atoms. The van der Waals surface area contributed by atoms with Crippen molar-refractivity contribution in [2.45, 2.75) is 0 Å². The zero-order chi connectivity index (χ0) is 23.9. The first-order valence-electron chi connectivity index (χ1n) is 12.2. The molecule has 1 N–H and O–H groups in total. The van der Waals surface area contributed by atoms with Crippen LogP contribution in [0.3, 0.4) is 0 Å². The first-order chi connectivity index (χ1) is 17.8. The average Bonchev–Trinajstić information content (AvgIpc) is 3.32. The predicted octanol–water partition coefficient (Wildman–Crippen LogP) is 9.33. The van der Waals surface area contributed by atoms with E-state index in [1.54, 1.807) is 0 Å². The van der Waals surface area contributed by atoms with E-state index in [0.717, 1.165) is 17.9 Å². The number of rotatable bonds is 4. The van der Waals surface area contributed by atoms with Gasteiger partial charge in [0.15, 0.2) is 0 Å². The Balaban J connectivity index is 1.38.